The van der Waals surface area contributed by atoms with Crippen LogP contribution < -0.4 is 4.90 Å². The molecule has 0 atom stereocenters. The summed E-state index contributed by atoms with van der Waals surface area (Å²) < 4.78 is 0. The van der Waals surface area contributed by atoms with Crippen LogP contribution in [-0.2, 0) is 0 Å². The SMILES string of the molecule is Clc1ccc(C2=Nc3cnccc3N(C3CC3)C2)cc1. The third-order valence-corrected chi connectivity index (χ3v) is 4.08. The highest BCUT2D eigenvalue weighted by molar-refractivity contribution is 6.30. The highest BCUT2D eigenvalue weighted by atomic mass is 35.5. The minimum Gasteiger partial charge on any atom is -0.361 e. The van der Waals surface area contributed by atoms with Gasteiger partial charge >= 0.3 is 0 Å². The topological polar surface area (TPSA) is 28.5 Å². The molecule has 0 radical (unpaired) electrons. The highest BCUT2D eigenvalue weighted by Gasteiger charge is 2.33. The number of hydrogen-bond donors (Lipinski definition) is 0. The summed E-state index contributed by atoms with van der Waals surface area (Å²) in [6.45, 7) is 0.864. The number of pyridine rings is 1. The molecule has 0 bridgehead atoms. The van der Waals surface area contributed by atoms with Gasteiger partial charge in [-0.25, -0.2) is 4.99 Å². The van der Waals surface area contributed by atoms with E-state index in [1.165, 1.54) is 18.5 Å². The Morgan fingerprint density at radius 1 is 1.10 bits per heavy atom. The number of aliphatic imine (C=N–C) groups is 1. The summed E-state index contributed by atoms with van der Waals surface area (Å²) in [5, 5.41) is 0.756. The second-order valence-electron chi connectivity index (χ2n) is 5.29. The van der Waals surface area contributed by atoms with E-state index in [1.807, 2.05) is 36.7 Å². The van der Waals surface area contributed by atoms with Crippen LogP contribution in [0.1, 0.15) is 18.4 Å². The van der Waals surface area contributed by atoms with E-state index in [0.717, 1.165) is 28.5 Å². The van der Waals surface area contributed by atoms with Crippen molar-refractivity contribution in [2.75, 3.05) is 11.4 Å². The number of rotatable bonds is 2. The summed E-state index contributed by atoms with van der Waals surface area (Å²) in [6, 6.07) is 10.6. The number of nitrogens with zero attached hydrogens (tertiary/aromatic N) is 3. The molecule has 0 unspecified atom stereocenters. The minimum absolute atomic E-state index is 0.661. The second-order valence-corrected chi connectivity index (χ2v) is 5.73. The second kappa shape index (κ2) is 4.60. The Kier molecular flexibility index (Phi) is 2.74. The first-order valence-corrected chi connectivity index (χ1v) is 7.23. The number of benzene rings is 1. The molecule has 1 fully saturated rings. The third kappa shape index (κ3) is 2.08. The molecule has 2 aromatic rings. The van der Waals surface area contributed by atoms with Crippen molar-refractivity contribution in [2.24, 2.45) is 4.99 Å². The third-order valence-electron chi connectivity index (χ3n) is 3.83. The molecule has 0 saturated heterocycles. The molecule has 3 nitrogen and oxygen atoms in total. The first-order valence-electron chi connectivity index (χ1n) is 6.85. The number of hydrogen-bond acceptors (Lipinski definition) is 3. The lowest BCUT2D eigenvalue weighted by molar-refractivity contribution is 0.865. The maximum Gasteiger partial charge on any atom is 0.105 e. The standard InChI is InChI=1S/C16H14ClN3/c17-12-3-1-11(2-4-12)15-10-20(13-5-6-13)16-7-8-18-9-14(16)19-15/h1-4,7-9,13H,5-6,10H2. The molecule has 2 aliphatic rings. The van der Waals surface area contributed by atoms with E-state index in [2.05, 4.69) is 16.0 Å². The van der Waals surface area contributed by atoms with Crippen LogP contribution in [-0.4, -0.2) is 23.3 Å². The van der Waals surface area contributed by atoms with Gasteiger partial charge in [-0.1, -0.05) is 23.7 Å². The normalized spacial score (nSPS) is 17.6. The lowest BCUT2D eigenvalue weighted by Crippen LogP contribution is -2.34. The summed E-state index contributed by atoms with van der Waals surface area (Å²) in [5.41, 5.74) is 4.40. The Morgan fingerprint density at radius 2 is 1.90 bits per heavy atom. The molecule has 4 heteroatoms. The van der Waals surface area contributed by atoms with E-state index < -0.39 is 0 Å². The Hall–Kier alpha value is -1.87. The zero-order valence-corrected chi connectivity index (χ0v) is 11.7. The average molecular weight is 284 g/mol. The van der Waals surface area contributed by atoms with Gasteiger partial charge in [0.05, 0.1) is 24.1 Å². The van der Waals surface area contributed by atoms with Crippen LogP contribution in [0.25, 0.3) is 0 Å². The molecular formula is C16H14ClN3. The van der Waals surface area contributed by atoms with Crippen LogP contribution in [0.4, 0.5) is 11.4 Å². The Labute approximate surface area is 122 Å². The fourth-order valence-corrected chi connectivity index (χ4v) is 2.77. The molecule has 1 aromatic heterocycles. The van der Waals surface area contributed by atoms with Crippen LogP contribution in [0.5, 0.6) is 0 Å². The molecule has 0 N–H and O–H groups in total. The van der Waals surface area contributed by atoms with Crippen molar-refractivity contribution in [2.45, 2.75) is 18.9 Å². The Balaban J connectivity index is 1.78. The fourth-order valence-electron chi connectivity index (χ4n) is 2.65. The number of halogens is 1. The molecule has 100 valence electrons. The molecule has 1 aromatic carbocycles. The van der Waals surface area contributed by atoms with Crippen LogP contribution in [0.3, 0.4) is 0 Å². The maximum absolute atomic E-state index is 5.96. The summed E-state index contributed by atoms with van der Waals surface area (Å²) in [7, 11) is 0. The van der Waals surface area contributed by atoms with E-state index in [1.54, 1.807) is 0 Å². The summed E-state index contributed by atoms with van der Waals surface area (Å²) in [6.07, 6.45) is 6.24. The number of fused-ring (bicyclic) bond motifs is 1. The largest absolute Gasteiger partial charge is 0.361 e. The molecular weight excluding hydrogens is 270 g/mol. The van der Waals surface area contributed by atoms with Crippen LogP contribution in [0.15, 0.2) is 47.7 Å². The highest BCUT2D eigenvalue weighted by Crippen LogP contribution is 2.39. The van der Waals surface area contributed by atoms with Gasteiger partial charge in [0, 0.05) is 17.3 Å². The molecule has 2 heterocycles. The number of anilines is 1. The van der Waals surface area contributed by atoms with Gasteiger partial charge in [-0.3, -0.25) is 4.98 Å². The zero-order chi connectivity index (χ0) is 13.5. The molecule has 1 aliphatic carbocycles. The molecule has 4 rings (SSSR count). The quantitative estimate of drug-likeness (QED) is 0.838. The van der Waals surface area contributed by atoms with Gasteiger partial charge in [0.1, 0.15) is 5.69 Å². The van der Waals surface area contributed by atoms with Crippen molar-refractivity contribution >= 4 is 28.7 Å². The van der Waals surface area contributed by atoms with E-state index in [0.29, 0.717) is 6.04 Å². The molecule has 1 saturated carbocycles. The number of aromatic nitrogens is 1. The van der Waals surface area contributed by atoms with Crippen LogP contribution in [0, 0.1) is 0 Å². The van der Waals surface area contributed by atoms with Gasteiger partial charge in [0.2, 0.25) is 0 Å². The molecule has 0 amide bonds. The van der Waals surface area contributed by atoms with Gasteiger partial charge in [-0.05, 0) is 36.6 Å². The van der Waals surface area contributed by atoms with Gasteiger partial charge in [-0.2, -0.15) is 0 Å². The monoisotopic (exact) mass is 283 g/mol. The van der Waals surface area contributed by atoms with Crippen molar-refractivity contribution in [3.05, 3.63) is 53.3 Å². The molecule has 0 spiro atoms. The van der Waals surface area contributed by atoms with Crippen molar-refractivity contribution in [1.82, 2.24) is 4.98 Å². The van der Waals surface area contributed by atoms with Gasteiger partial charge in [-0.15, -0.1) is 0 Å². The van der Waals surface area contributed by atoms with E-state index in [9.17, 15) is 0 Å². The predicted molar refractivity (Wildman–Crippen MR) is 82.3 cm³/mol. The van der Waals surface area contributed by atoms with Crippen molar-refractivity contribution in [3.63, 3.8) is 0 Å². The molecule has 20 heavy (non-hydrogen) atoms. The van der Waals surface area contributed by atoms with E-state index in [4.69, 9.17) is 16.6 Å². The lowest BCUT2D eigenvalue weighted by atomic mass is 10.1. The van der Waals surface area contributed by atoms with Crippen LogP contribution in [0.2, 0.25) is 5.02 Å². The van der Waals surface area contributed by atoms with Crippen molar-refractivity contribution < 1.29 is 0 Å². The summed E-state index contributed by atoms with van der Waals surface area (Å²) in [5.74, 6) is 0. The zero-order valence-electron chi connectivity index (χ0n) is 11.0. The average Bonchev–Trinajstić information content (AvgIpc) is 3.31. The van der Waals surface area contributed by atoms with Gasteiger partial charge in [0.25, 0.3) is 0 Å². The Morgan fingerprint density at radius 3 is 2.65 bits per heavy atom. The van der Waals surface area contributed by atoms with E-state index in [-0.39, 0.29) is 0 Å². The van der Waals surface area contributed by atoms with Gasteiger partial charge in [0.15, 0.2) is 0 Å². The van der Waals surface area contributed by atoms with Crippen molar-refractivity contribution in [3.8, 4) is 0 Å². The smallest absolute Gasteiger partial charge is 0.105 e. The lowest BCUT2D eigenvalue weighted by Gasteiger charge is -2.30. The first-order chi connectivity index (χ1) is 9.81. The molecule has 1 aliphatic heterocycles. The van der Waals surface area contributed by atoms with Crippen LogP contribution >= 0.6 is 11.6 Å². The van der Waals surface area contributed by atoms with E-state index >= 15 is 0 Å². The Bertz CT molecular complexity index is 674. The van der Waals surface area contributed by atoms with Crippen molar-refractivity contribution in [1.29, 1.82) is 0 Å². The summed E-state index contributed by atoms with van der Waals surface area (Å²) in [4.78, 5) is 11.4. The summed E-state index contributed by atoms with van der Waals surface area (Å²) >= 11 is 5.96. The minimum atomic E-state index is 0.661. The maximum atomic E-state index is 5.96. The predicted octanol–water partition coefficient (Wildman–Crippen LogP) is 3.84. The van der Waals surface area contributed by atoms with Gasteiger partial charge < -0.3 is 4.90 Å². The fraction of sp³-hybridized carbons (Fsp3) is 0.250. The first kappa shape index (κ1) is 11.9.